The van der Waals surface area contributed by atoms with Gasteiger partial charge in [0.1, 0.15) is 0 Å². The number of fused-ring (bicyclic) bond motifs is 8. The number of carboxylic acid groups (broad SMARTS) is 2. The van der Waals surface area contributed by atoms with Gasteiger partial charge in [0.25, 0.3) is 0 Å². The molecule has 10 heteroatoms. The van der Waals surface area contributed by atoms with Crippen LogP contribution in [-0.2, 0) is 33.1 Å². The monoisotopic (exact) mass is 632 g/mol. The summed E-state index contributed by atoms with van der Waals surface area (Å²) < 4.78 is 0. The number of rotatable bonds is 8. The molecule has 0 radical (unpaired) electrons. The molecular formula is C34H32FeN4O5. The summed E-state index contributed by atoms with van der Waals surface area (Å²) in [5, 5.41) is 29.2. The Morgan fingerprint density at radius 1 is 0.818 bits per heavy atom. The average Bonchev–Trinajstić information content (AvgIpc) is 3.61. The second-order valence-electron chi connectivity index (χ2n) is 10.8. The van der Waals surface area contributed by atoms with E-state index in [9.17, 15) is 24.9 Å². The van der Waals surface area contributed by atoms with Gasteiger partial charge in [-0.2, -0.15) is 0 Å². The fraction of sp³-hybridized carbons (Fsp3) is 0.235. The van der Waals surface area contributed by atoms with Crippen LogP contribution < -0.4 is 9.97 Å². The molecule has 0 fully saturated rings. The van der Waals surface area contributed by atoms with Crippen LogP contribution in [0.15, 0.2) is 43.5 Å². The normalized spacial score (nSPS) is 13.5. The fourth-order valence-electron chi connectivity index (χ4n) is 5.60. The van der Waals surface area contributed by atoms with Gasteiger partial charge in [-0.05, 0) is 56.4 Å². The summed E-state index contributed by atoms with van der Waals surface area (Å²) in [6.07, 6.45) is 1.87. The van der Waals surface area contributed by atoms with E-state index in [-0.39, 0.29) is 36.3 Å². The Morgan fingerprint density at radius 2 is 1.39 bits per heavy atom. The van der Waals surface area contributed by atoms with Crippen molar-refractivity contribution in [2.75, 3.05) is 0 Å². The minimum absolute atomic E-state index is 0. The number of aromatic nitrogens is 4. The standard InChI is InChI=1S/C34H34N4O5.Fe/c1-7-20-16(3)24-12-25-19(6)23(11-32(39)34(42)43)31(38-25)15-30-22(9-10-33(40)41)18(5)27(37-30)14-29-21(8-2)17(4)26(36-29)13-28(20)35-24;/h7-8,12-15,32,39H,1-2,9-11H2,3-6H3,(H4,35,36,37,38,40,41,42,43);/q;+2/p-2. The molecule has 0 amide bonds. The number of hydrogen-bond acceptors (Lipinski definition) is 5. The van der Waals surface area contributed by atoms with Crippen molar-refractivity contribution < 1.29 is 42.0 Å². The summed E-state index contributed by atoms with van der Waals surface area (Å²) in [5.41, 5.74) is 11.4. The van der Waals surface area contributed by atoms with Gasteiger partial charge in [0.15, 0.2) is 6.10 Å². The van der Waals surface area contributed by atoms with E-state index in [1.165, 1.54) is 0 Å². The number of aryl methyl sites for hydroxylation is 2. The van der Waals surface area contributed by atoms with E-state index >= 15 is 0 Å². The Hall–Kier alpha value is -4.50. The summed E-state index contributed by atoms with van der Waals surface area (Å²) in [6, 6.07) is 7.37. The molecule has 2 aliphatic rings. The first-order valence-electron chi connectivity index (χ1n) is 13.9. The maximum Gasteiger partial charge on any atom is 2.00 e. The third kappa shape index (κ3) is 5.84. The van der Waals surface area contributed by atoms with E-state index in [4.69, 9.17) is 19.9 Å². The smallest absolute Gasteiger partial charge is 0.657 e. The van der Waals surface area contributed by atoms with Crippen molar-refractivity contribution in [3.05, 3.63) is 88.5 Å². The first kappa shape index (κ1) is 32.4. The third-order valence-electron chi connectivity index (χ3n) is 8.16. The molecule has 9 nitrogen and oxygen atoms in total. The number of nitrogens with zero attached hydrogens (tertiary/aromatic N) is 4. The van der Waals surface area contributed by atoms with Crippen LogP contribution in [0.25, 0.3) is 50.4 Å². The second-order valence-corrected chi connectivity index (χ2v) is 10.8. The molecule has 0 spiro atoms. The molecule has 0 aromatic carbocycles. The summed E-state index contributed by atoms with van der Waals surface area (Å²) in [7, 11) is 0. The number of allylic oxidation sites excluding steroid dienone is 5. The SMILES string of the molecule is C=CC1=C(C)c2cc3[n-]c(cc4nc(cc5[n-]c(cc1n2)c(C)c5C=C)C(C)=C4CCC(=O)O)c(CC(O)C(=O)O)c3C.[Fe+2]. The van der Waals surface area contributed by atoms with Crippen molar-refractivity contribution in [1.82, 2.24) is 19.9 Å². The predicted octanol–water partition coefficient (Wildman–Crippen LogP) is 5.73. The van der Waals surface area contributed by atoms with Gasteiger partial charge >= 0.3 is 29.0 Å². The molecular weight excluding hydrogens is 600 g/mol. The summed E-state index contributed by atoms with van der Waals surface area (Å²) >= 11 is 0. The maximum atomic E-state index is 11.6. The Labute approximate surface area is 265 Å². The first-order chi connectivity index (χ1) is 20.4. The number of carboxylic acids is 2. The molecule has 5 heterocycles. The zero-order valence-electron chi connectivity index (χ0n) is 24.9. The number of hydrogen-bond donors (Lipinski definition) is 3. The number of aliphatic carboxylic acids is 2. The van der Waals surface area contributed by atoms with Crippen molar-refractivity contribution in [2.24, 2.45) is 0 Å². The Morgan fingerprint density at radius 3 is 2.02 bits per heavy atom. The van der Waals surface area contributed by atoms with Gasteiger partial charge in [0.05, 0.1) is 22.8 Å². The zero-order chi connectivity index (χ0) is 31.2. The summed E-state index contributed by atoms with van der Waals surface area (Å²) in [4.78, 5) is 42.7. The second kappa shape index (κ2) is 12.6. The molecule has 2 aliphatic heterocycles. The van der Waals surface area contributed by atoms with Gasteiger partial charge in [0, 0.05) is 18.4 Å². The molecule has 5 rings (SSSR count). The van der Waals surface area contributed by atoms with Crippen LogP contribution >= 0.6 is 0 Å². The molecule has 3 N–H and O–H groups in total. The molecule has 0 aliphatic carbocycles. The van der Waals surface area contributed by atoms with Crippen LogP contribution in [-0.4, -0.2) is 43.3 Å². The van der Waals surface area contributed by atoms with Crippen molar-refractivity contribution in [3.63, 3.8) is 0 Å². The van der Waals surface area contributed by atoms with E-state index in [0.717, 1.165) is 38.9 Å². The van der Waals surface area contributed by atoms with E-state index in [2.05, 4.69) is 13.2 Å². The first-order valence-corrected chi connectivity index (χ1v) is 13.9. The molecule has 3 aromatic rings. The van der Waals surface area contributed by atoms with Gasteiger partial charge < -0.3 is 25.3 Å². The molecule has 0 saturated heterocycles. The minimum Gasteiger partial charge on any atom is -0.657 e. The van der Waals surface area contributed by atoms with E-state index < -0.39 is 18.0 Å². The van der Waals surface area contributed by atoms with Crippen molar-refractivity contribution in [2.45, 2.75) is 53.1 Å². The summed E-state index contributed by atoms with van der Waals surface area (Å²) in [5.74, 6) is -2.27. The molecule has 1 unspecified atom stereocenters. The number of aliphatic hydroxyl groups is 1. The Kier molecular flexibility index (Phi) is 9.30. The maximum absolute atomic E-state index is 11.6. The number of carbonyl (C=O) groups is 2. The van der Waals surface area contributed by atoms with E-state index in [1.54, 1.807) is 18.2 Å². The van der Waals surface area contributed by atoms with Crippen LogP contribution in [0.3, 0.4) is 0 Å². The van der Waals surface area contributed by atoms with Crippen molar-refractivity contribution in [3.8, 4) is 0 Å². The largest absolute Gasteiger partial charge is 2.00 e. The molecule has 1 atom stereocenters. The van der Waals surface area contributed by atoms with Crippen LogP contribution in [0.2, 0.25) is 0 Å². The van der Waals surface area contributed by atoms with Gasteiger partial charge in [-0.15, -0.1) is 22.1 Å². The fourth-order valence-corrected chi connectivity index (χ4v) is 5.60. The van der Waals surface area contributed by atoms with Gasteiger partial charge in [-0.3, -0.25) is 4.79 Å². The molecule has 44 heavy (non-hydrogen) atoms. The van der Waals surface area contributed by atoms with Crippen LogP contribution in [0.4, 0.5) is 0 Å². The molecule has 0 saturated carbocycles. The zero-order valence-corrected chi connectivity index (χ0v) is 26.0. The van der Waals surface area contributed by atoms with Crippen molar-refractivity contribution >= 4 is 62.4 Å². The van der Waals surface area contributed by atoms with E-state index in [0.29, 0.717) is 50.5 Å². The van der Waals surface area contributed by atoms with Gasteiger partial charge in [-0.25, -0.2) is 14.8 Å². The topological polar surface area (TPSA) is 149 Å². The van der Waals surface area contributed by atoms with Gasteiger partial charge in [0.2, 0.25) is 0 Å². The Balaban J connectivity index is 0.00000442. The predicted molar refractivity (Wildman–Crippen MR) is 168 cm³/mol. The van der Waals surface area contributed by atoms with Crippen LogP contribution in [0, 0.1) is 13.8 Å². The number of aliphatic hydroxyl groups excluding tert-OH is 1. The summed E-state index contributed by atoms with van der Waals surface area (Å²) in [6.45, 7) is 15.7. The third-order valence-corrected chi connectivity index (χ3v) is 8.16. The molecule has 3 aromatic heterocycles. The molecule has 226 valence electrons. The van der Waals surface area contributed by atoms with Crippen LogP contribution in [0.1, 0.15) is 71.7 Å². The van der Waals surface area contributed by atoms with Gasteiger partial charge in [-0.1, -0.05) is 66.3 Å². The Bertz CT molecular complexity index is 1960. The van der Waals surface area contributed by atoms with Crippen molar-refractivity contribution in [1.29, 1.82) is 0 Å². The molecule has 8 bridgehead atoms. The minimum atomic E-state index is -1.63. The van der Waals surface area contributed by atoms with E-state index in [1.807, 2.05) is 45.9 Å². The average molecular weight is 632 g/mol. The quantitative estimate of drug-likeness (QED) is 0.265. The van der Waals surface area contributed by atoms with Crippen LogP contribution in [0.5, 0.6) is 0 Å².